The van der Waals surface area contributed by atoms with Crippen molar-refractivity contribution < 1.29 is 14.6 Å². The number of carbonyl (C=O) groups is 1. The minimum atomic E-state index is -0.957. The topological polar surface area (TPSA) is 72.3 Å². The average Bonchev–Trinajstić information content (AvgIpc) is 2.33. The Morgan fingerprint density at radius 2 is 2.18 bits per heavy atom. The maximum absolute atomic E-state index is 10.8. The maximum atomic E-state index is 10.8. The fourth-order valence-corrected chi connectivity index (χ4v) is 1.35. The molecule has 0 aliphatic heterocycles. The van der Waals surface area contributed by atoms with Crippen LogP contribution in [0.2, 0.25) is 0 Å². The molecule has 2 aromatic rings. The van der Waals surface area contributed by atoms with Crippen LogP contribution in [-0.2, 0) is 0 Å². The van der Waals surface area contributed by atoms with Gasteiger partial charge in [0.05, 0.1) is 5.56 Å². The van der Waals surface area contributed by atoms with E-state index in [0.29, 0.717) is 11.6 Å². The SMILES string of the molecule is Cc1cc(C(=O)O)ccc1Oc1ccncn1. The van der Waals surface area contributed by atoms with E-state index >= 15 is 0 Å². The second-order valence-corrected chi connectivity index (χ2v) is 3.44. The van der Waals surface area contributed by atoms with E-state index in [9.17, 15) is 4.79 Å². The highest BCUT2D eigenvalue weighted by Gasteiger charge is 2.07. The van der Waals surface area contributed by atoms with Crippen molar-refractivity contribution in [3.8, 4) is 11.6 Å². The van der Waals surface area contributed by atoms with E-state index in [1.54, 1.807) is 31.3 Å². The zero-order chi connectivity index (χ0) is 12.3. The summed E-state index contributed by atoms with van der Waals surface area (Å²) < 4.78 is 5.50. The largest absolute Gasteiger partial charge is 0.478 e. The van der Waals surface area contributed by atoms with Gasteiger partial charge < -0.3 is 9.84 Å². The summed E-state index contributed by atoms with van der Waals surface area (Å²) in [6.07, 6.45) is 2.96. The van der Waals surface area contributed by atoms with E-state index in [-0.39, 0.29) is 5.56 Å². The Kier molecular flexibility index (Phi) is 3.00. The summed E-state index contributed by atoms with van der Waals surface area (Å²) in [7, 11) is 0. The number of aromatic nitrogens is 2. The first-order valence-corrected chi connectivity index (χ1v) is 4.94. The van der Waals surface area contributed by atoms with Gasteiger partial charge in [0.25, 0.3) is 0 Å². The van der Waals surface area contributed by atoms with Crippen LogP contribution in [0.3, 0.4) is 0 Å². The summed E-state index contributed by atoms with van der Waals surface area (Å²) in [5.41, 5.74) is 0.973. The van der Waals surface area contributed by atoms with Crippen LogP contribution in [0.25, 0.3) is 0 Å². The molecule has 0 radical (unpaired) electrons. The van der Waals surface area contributed by atoms with Gasteiger partial charge >= 0.3 is 5.97 Å². The second kappa shape index (κ2) is 4.61. The summed E-state index contributed by atoms with van der Waals surface area (Å²) in [6, 6.07) is 6.29. The van der Waals surface area contributed by atoms with Crippen molar-refractivity contribution in [1.82, 2.24) is 9.97 Å². The van der Waals surface area contributed by atoms with Crippen LogP contribution in [0.4, 0.5) is 0 Å². The molecule has 86 valence electrons. The minimum Gasteiger partial charge on any atom is -0.478 e. The summed E-state index contributed by atoms with van der Waals surface area (Å²) in [5.74, 6) is 0.0431. The van der Waals surface area contributed by atoms with Crippen LogP contribution in [-0.4, -0.2) is 21.0 Å². The third-order valence-corrected chi connectivity index (χ3v) is 2.19. The van der Waals surface area contributed by atoms with E-state index in [0.717, 1.165) is 5.56 Å². The molecule has 2 rings (SSSR count). The Hall–Kier alpha value is -2.43. The molecule has 1 N–H and O–H groups in total. The molecule has 0 saturated heterocycles. The molecule has 0 aliphatic carbocycles. The molecular formula is C12H10N2O3. The Balaban J connectivity index is 2.26. The van der Waals surface area contributed by atoms with Crippen molar-refractivity contribution >= 4 is 5.97 Å². The molecule has 1 aromatic carbocycles. The molecule has 17 heavy (non-hydrogen) atoms. The Bertz CT molecular complexity index is 541. The van der Waals surface area contributed by atoms with Crippen LogP contribution >= 0.6 is 0 Å². The van der Waals surface area contributed by atoms with Crippen molar-refractivity contribution in [3.63, 3.8) is 0 Å². The van der Waals surface area contributed by atoms with Crippen LogP contribution in [0.5, 0.6) is 11.6 Å². The van der Waals surface area contributed by atoms with Gasteiger partial charge in [-0.2, -0.15) is 0 Å². The van der Waals surface area contributed by atoms with Gasteiger partial charge in [-0.1, -0.05) is 0 Å². The van der Waals surface area contributed by atoms with Crippen molar-refractivity contribution in [2.45, 2.75) is 6.92 Å². The molecule has 0 aliphatic rings. The van der Waals surface area contributed by atoms with Crippen molar-refractivity contribution in [1.29, 1.82) is 0 Å². The number of carboxylic acids is 1. The normalized spacial score (nSPS) is 9.94. The summed E-state index contributed by atoms with van der Waals surface area (Å²) in [6.45, 7) is 1.78. The number of aromatic carboxylic acids is 1. The van der Waals surface area contributed by atoms with Gasteiger partial charge in [-0.3, -0.25) is 0 Å². The third kappa shape index (κ3) is 2.57. The van der Waals surface area contributed by atoms with E-state index in [2.05, 4.69) is 9.97 Å². The van der Waals surface area contributed by atoms with Gasteiger partial charge in [0.2, 0.25) is 5.88 Å². The van der Waals surface area contributed by atoms with Crippen molar-refractivity contribution in [2.24, 2.45) is 0 Å². The number of ether oxygens (including phenoxy) is 1. The predicted molar refractivity (Wildman–Crippen MR) is 60.2 cm³/mol. The highest BCUT2D eigenvalue weighted by atomic mass is 16.5. The lowest BCUT2D eigenvalue weighted by Gasteiger charge is -2.07. The van der Waals surface area contributed by atoms with Crippen molar-refractivity contribution in [3.05, 3.63) is 47.9 Å². The molecular weight excluding hydrogens is 220 g/mol. The summed E-state index contributed by atoms with van der Waals surface area (Å²) in [4.78, 5) is 18.5. The Morgan fingerprint density at radius 3 is 2.76 bits per heavy atom. The monoisotopic (exact) mass is 230 g/mol. The first kappa shape index (κ1) is 11.1. The maximum Gasteiger partial charge on any atom is 0.335 e. The lowest BCUT2D eigenvalue weighted by Crippen LogP contribution is -1.98. The smallest absolute Gasteiger partial charge is 0.335 e. The van der Waals surface area contributed by atoms with Gasteiger partial charge in [-0.15, -0.1) is 0 Å². The fraction of sp³-hybridized carbons (Fsp3) is 0.0833. The lowest BCUT2D eigenvalue weighted by atomic mass is 10.1. The van der Waals surface area contributed by atoms with Crippen LogP contribution in [0, 0.1) is 6.92 Å². The molecule has 0 atom stereocenters. The molecule has 0 unspecified atom stereocenters. The average molecular weight is 230 g/mol. The lowest BCUT2D eigenvalue weighted by molar-refractivity contribution is 0.0697. The molecule has 1 aromatic heterocycles. The Morgan fingerprint density at radius 1 is 1.35 bits per heavy atom. The zero-order valence-electron chi connectivity index (χ0n) is 9.12. The van der Waals surface area contributed by atoms with Gasteiger partial charge in [0.1, 0.15) is 12.1 Å². The standard InChI is InChI=1S/C12H10N2O3/c1-8-6-9(12(15)16)2-3-10(8)17-11-4-5-13-7-14-11/h2-7H,1H3,(H,15,16). The molecule has 0 amide bonds. The summed E-state index contributed by atoms with van der Waals surface area (Å²) >= 11 is 0. The predicted octanol–water partition coefficient (Wildman–Crippen LogP) is 2.28. The van der Waals surface area contributed by atoms with Gasteiger partial charge in [0.15, 0.2) is 0 Å². The number of aryl methyl sites for hydroxylation is 1. The van der Waals surface area contributed by atoms with Gasteiger partial charge in [-0.05, 0) is 30.7 Å². The molecule has 0 bridgehead atoms. The van der Waals surface area contributed by atoms with Crippen LogP contribution < -0.4 is 4.74 Å². The molecule has 5 heteroatoms. The highest BCUT2D eigenvalue weighted by Crippen LogP contribution is 2.23. The molecule has 0 saturated carbocycles. The van der Waals surface area contributed by atoms with Gasteiger partial charge in [0, 0.05) is 12.3 Å². The number of hydrogen-bond donors (Lipinski definition) is 1. The van der Waals surface area contributed by atoms with Gasteiger partial charge in [-0.25, -0.2) is 14.8 Å². The van der Waals surface area contributed by atoms with Crippen LogP contribution in [0.1, 0.15) is 15.9 Å². The quantitative estimate of drug-likeness (QED) is 0.875. The molecule has 5 nitrogen and oxygen atoms in total. The highest BCUT2D eigenvalue weighted by molar-refractivity contribution is 5.88. The fourth-order valence-electron chi connectivity index (χ4n) is 1.35. The minimum absolute atomic E-state index is 0.234. The number of hydrogen-bond acceptors (Lipinski definition) is 4. The van der Waals surface area contributed by atoms with E-state index in [1.807, 2.05) is 0 Å². The molecule has 0 fully saturated rings. The zero-order valence-corrected chi connectivity index (χ0v) is 9.12. The number of rotatable bonds is 3. The van der Waals surface area contributed by atoms with E-state index in [1.165, 1.54) is 12.4 Å². The first-order chi connectivity index (χ1) is 8.16. The Labute approximate surface area is 97.7 Å². The molecule has 0 spiro atoms. The number of benzene rings is 1. The molecule has 1 heterocycles. The van der Waals surface area contributed by atoms with Crippen LogP contribution in [0.15, 0.2) is 36.8 Å². The third-order valence-electron chi connectivity index (χ3n) is 2.19. The van der Waals surface area contributed by atoms with Crippen molar-refractivity contribution in [2.75, 3.05) is 0 Å². The number of carboxylic acid groups (broad SMARTS) is 1. The number of nitrogens with zero attached hydrogens (tertiary/aromatic N) is 2. The van der Waals surface area contributed by atoms with E-state index < -0.39 is 5.97 Å². The summed E-state index contributed by atoms with van der Waals surface area (Å²) in [5, 5.41) is 8.83. The van der Waals surface area contributed by atoms with E-state index in [4.69, 9.17) is 9.84 Å². The first-order valence-electron chi connectivity index (χ1n) is 4.94. The second-order valence-electron chi connectivity index (χ2n) is 3.44.